The third-order valence-electron chi connectivity index (χ3n) is 5.35. The SMILES string of the molecule is CCCCc1nc(SC)c(C(=O)OC(C)(C)C)n1Cc1ccc(-c2ccccc2S(N)(=O)=O)cc1. The minimum Gasteiger partial charge on any atom is -0.455 e. The van der Waals surface area contributed by atoms with Gasteiger partial charge >= 0.3 is 5.97 Å². The molecule has 0 aliphatic carbocycles. The Bertz CT molecular complexity index is 1290. The van der Waals surface area contributed by atoms with Gasteiger partial charge in [0.15, 0.2) is 5.69 Å². The zero-order valence-electron chi connectivity index (χ0n) is 20.9. The summed E-state index contributed by atoms with van der Waals surface area (Å²) in [5.74, 6) is 0.455. The van der Waals surface area contributed by atoms with E-state index in [-0.39, 0.29) is 4.90 Å². The molecule has 188 valence electrons. The van der Waals surface area contributed by atoms with Gasteiger partial charge in [-0.05, 0) is 50.6 Å². The highest BCUT2D eigenvalue weighted by atomic mass is 32.2. The Balaban J connectivity index is 2.00. The molecule has 0 saturated heterocycles. The van der Waals surface area contributed by atoms with Crippen LogP contribution in [0.2, 0.25) is 0 Å². The highest BCUT2D eigenvalue weighted by molar-refractivity contribution is 7.98. The summed E-state index contributed by atoms with van der Waals surface area (Å²) in [5, 5.41) is 6.06. The number of hydrogen-bond acceptors (Lipinski definition) is 6. The molecule has 2 aromatic carbocycles. The zero-order valence-corrected chi connectivity index (χ0v) is 22.5. The molecule has 0 aliphatic rings. The van der Waals surface area contributed by atoms with Crippen LogP contribution in [0.15, 0.2) is 58.5 Å². The minimum atomic E-state index is -3.85. The Hall–Kier alpha value is -2.62. The molecular weight excluding hydrogens is 482 g/mol. The molecule has 0 radical (unpaired) electrons. The molecule has 35 heavy (non-hydrogen) atoms. The molecule has 2 N–H and O–H groups in total. The standard InChI is InChI=1S/C26H33N3O4S2/c1-6-7-12-22-28-24(34-5)23(25(30)33-26(2,3)4)29(22)17-18-13-15-19(16-14-18)20-10-8-9-11-21(20)35(27,31)32/h8-11,13-16H,6-7,12,17H2,1-5H3,(H2,27,31,32). The molecule has 0 atom stereocenters. The number of rotatable bonds is 9. The predicted molar refractivity (Wildman–Crippen MR) is 140 cm³/mol. The number of ether oxygens (including phenoxy) is 1. The maximum Gasteiger partial charge on any atom is 0.358 e. The number of hydrogen-bond donors (Lipinski definition) is 1. The number of aromatic nitrogens is 2. The molecular formula is C26H33N3O4S2. The zero-order chi connectivity index (χ0) is 25.8. The summed E-state index contributed by atoms with van der Waals surface area (Å²) < 4.78 is 31.7. The molecule has 0 bridgehead atoms. The van der Waals surface area contributed by atoms with E-state index >= 15 is 0 Å². The van der Waals surface area contributed by atoms with Gasteiger partial charge in [0.2, 0.25) is 10.0 Å². The topological polar surface area (TPSA) is 104 Å². The lowest BCUT2D eigenvalue weighted by Gasteiger charge is -2.21. The summed E-state index contributed by atoms with van der Waals surface area (Å²) in [7, 11) is -3.85. The molecule has 0 aliphatic heterocycles. The van der Waals surface area contributed by atoms with Crippen LogP contribution in [0.25, 0.3) is 11.1 Å². The lowest BCUT2D eigenvalue weighted by Crippen LogP contribution is -2.26. The van der Waals surface area contributed by atoms with E-state index in [9.17, 15) is 13.2 Å². The fourth-order valence-corrected chi connectivity index (χ4v) is 5.11. The number of primary sulfonamides is 1. The number of esters is 1. The third kappa shape index (κ3) is 6.74. The smallest absolute Gasteiger partial charge is 0.358 e. The number of unbranched alkanes of at least 4 members (excludes halogenated alkanes) is 1. The van der Waals surface area contributed by atoms with E-state index in [0.717, 1.165) is 36.2 Å². The number of carbonyl (C=O) groups is 1. The normalized spacial score (nSPS) is 12.1. The summed E-state index contributed by atoms with van der Waals surface area (Å²) in [6.45, 7) is 8.11. The average Bonchev–Trinajstić information content (AvgIpc) is 3.14. The molecule has 7 nitrogen and oxygen atoms in total. The first-order valence-corrected chi connectivity index (χ1v) is 14.3. The Labute approximate surface area is 212 Å². The Morgan fingerprint density at radius 3 is 2.34 bits per heavy atom. The highest BCUT2D eigenvalue weighted by Crippen LogP contribution is 2.29. The second-order valence-electron chi connectivity index (χ2n) is 9.32. The summed E-state index contributed by atoms with van der Waals surface area (Å²) in [4.78, 5) is 18.0. The molecule has 1 aromatic heterocycles. The first-order valence-electron chi connectivity index (χ1n) is 11.5. The highest BCUT2D eigenvalue weighted by Gasteiger charge is 2.27. The molecule has 0 unspecified atom stereocenters. The van der Waals surface area contributed by atoms with Crippen LogP contribution in [-0.4, -0.2) is 35.8 Å². The molecule has 0 amide bonds. The van der Waals surface area contributed by atoms with Crippen molar-refractivity contribution in [2.45, 2.75) is 69.0 Å². The molecule has 0 spiro atoms. The van der Waals surface area contributed by atoms with Crippen molar-refractivity contribution in [3.63, 3.8) is 0 Å². The summed E-state index contributed by atoms with van der Waals surface area (Å²) in [6, 6.07) is 14.2. The van der Waals surface area contributed by atoms with Gasteiger partial charge < -0.3 is 9.30 Å². The van der Waals surface area contributed by atoms with Gasteiger partial charge in [0.1, 0.15) is 16.5 Å². The lowest BCUT2D eigenvalue weighted by atomic mass is 10.0. The van der Waals surface area contributed by atoms with Crippen molar-refractivity contribution in [1.82, 2.24) is 9.55 Å². The fourth-order valence-electron chi connectivity index (χ4n) is 3.76. The lowest BCUT2D eigenvalue weighted by molar-refractivity contribution is 0.00533. The van der Waals surface area contributed by atoms with E-state index < -0.39 is 21.6 Å². The number of imidazole rings is 1. The van der Waals surface area contributed by atoms with Crippen molar-refractivity contribution in [2.75, 3.05) is 6.26 Å². The number of sulfonamides is 1. The number of nitrogens with zero attached hydrogens (tertiary/aromatic N) is 2. The third-order valence-corrected chi connectivity index (χ3v) is 6.99. The Morgan fingerprint density at radius 2 is 1.77 bits per heavy atom. The van der Waals surface area contributed by atoms with Crippen molar-refractivity contribution in [2.24, 2.45) is 5.14 Å². The second kappa shape index (κ2) is 11.0. The van der Waals surface area contributed by atoms with Crippen LogP contribution in [0.5, 0.6) is 0 Å². The average molecular weight is 516 g/mol. The van der Waals surface area contributed by atoms with Gasteiger partial charge in [-0.2, -0.15) is 0 Å². The van der Waals surface area contributed by atoms with E-state index in [2.05, 4.69) is 6.92 Å². The Morgan fingerprint density at radius 1 is 1.11 bits per heavy atom. The van der Waals surface area contributed by atoms with Gasteiger partial charge in [0.25, 0.3) is 0 Å². The van der Waals surface area contributed by atoms with Crippen LogP contribution in [0.4, 0.5) is 0 Å². The maximum atomic E-state index is 13.1. The van der Waals surface area contributed by atoms with Gasteiger partial charge in [-0.15, -0.1) is 11.8 Å². The maximum absolute atomic E-state index is 13.1. The van der Waals surface area contributed by atoms with Gasteiger partial charge in [0, 0.05) is 18.5 Å². The van der Waals surface area contributed by atoms with Crippen LogP contribution in [-0.2, 0) is 27.7 Å². The molecule has 1 heterocycles. The molecule has 0 fully saturated rings. The van der Waals surface area contributed by atoms with Crippen molar-refractivity contribution >= 4 is 27.8 Å². The van der Waals surface area contributed by atoms with E-state index in [4.69, 9.17) is 14.9 Å². The van der Waals surface area contributed by atoms with Gasteiger partial charge in [0.05, 0.1) is 4.90 Å². The van der Waals surface area contributed by atoms with Crippen molar-refractivity contribution in [3.8, 4) is 11.1 Å². The fraction of sp³-hybridized carbons (Fsp3) is 0.385. The van der Waals surface area contributed by atoms with Crippen molar-refractivity contribution in [3.05, 3.63) is 65.6 Å². The Kier molecular flexibility index (Phi) is 8.46. The number of aryl methyl sites for hydroxylation is 1. The minimum absolute atomic E-state index is 0.0843. The molecule has 3 aromatic rings. The van der Waals surface area contributed by atoms with Crippen molar-refractivity contribution < 1.29 is 17.9 Å². The molecule has 0 saturated carbocycles. The van der Waals surface area contributed by atoms with Gasteiger partial charge in [-0.25, -0.2) is 23.3 Å². The molecule has 3 rings (SSSR count). The number of carbonyl (C=O) groups excluding carboxylic acids is 1. The van der Waals surface area contributed by atoms with E-state index in [1.807, 2.05) is 55.9 Å². The number of thioether (sulfide) groups is 1. The predicted octanol–water partition coefficient (Wildman–Crippen LogP) is 5.27. The van der Waals surface area contributed by atoms with E-state index in [1.54, 1.807) is 18.2 Å². The quantitative estimate of drug-likeness (QED) is 0.308. The van der Waals surface area contributed by atoms with Crippen LogP contribution in [0, 0.1) is 0 Å². The first-order chi connectivity index (χ1) is 16.4. The van der Waals surface area contributed by atoms with Gasteiger partial charge in [-0.3, -0.25) is 0 Å². The molecule has 9 heteroatoms. The number of benzene rings is 2. The van der Waals surface area contributed by atoms with E-state index in [1.165, 1.54) is 17.8 Å². The second-order valence-corrected chi connectivity index (χ2v) is 11.6. The monoisotopic (exact) mass is 515 g/mol. The number of nitrogens with two attached hydrogens (primary N) is 1. The van der Waals surface area contributed by atoms with Crippen molar-refractivity contribution in [1.29, 1.82) is 0 Å². The van der Waals surface area contributed by atoms with Gasteiger partial charge in [-0.1, -0.05) is 55.8 Å². The first kappa shape index (κ1) is 27.0. The summed E-state index contributed by atoms with van der Waals surface area (Å²) >= 11 is 1.43. The van der Waals surface area contributed by atoms with Crippen LogP contribution in [0.3, 0.4) is 0 Å². The summed E-state index contributed by atoms with van der Waals surface area (Å²) in [6.07, 6.45) is 4.64. The van der Waals surface area contributed by atoms with E-state index in [0.29, 0.717) is 22.8 Å². The summed E-state index contributed by atoms with van der Waals surface area (Å²) in [5.41, 5.74) is 2.08. The van der Waals surface area contributed by atoms with Crippen LogP contribution < -0.4 is 5.14 Å². The van der Waals surface area contributed by atoms with Crippen LogP contribution >= 0.6 is 11.8 Å². The largest absolute Gasteiger partial charge is 0.455 e. The van der Waals surface area contributed by atoms with Crippen LogP contribution in [0.1, 0.15) is 62.4 Å².